The number of imidazole rings is 1. The maximum atomic E-state index is 10.9. The molecular formula is C7H4Cl2N2O2S. The summed E-state index contributed by atoms with van der Waals surface area (Å²) in [4.78, 5) is 3.81. The summed E-state index contributed by atoms with van der Waals surface area (Å²) >= 11 is 5.71. The summed E-state index contributed by atoms with van der Waals surface area (Å²) in [7, 11) is 1.35. The highest BCUT2D eigenvalue weighted by Crippen LogP contribution is 2.16. The number of nitrogens with zero attached hydrogens (tertiary/aromatic N) is 2. The summed E-state index contributed by atoms with van der Waals surface area (Å²) in [5.41, 5.74) is 0.480. The van der Waals surface area contributed by atoms with Gasteiger partial charge in [-0.25, -0.2) is 13.4 Å². The lowest BCUT2D eigenvalue weighted by molar-refractivity contribution is 0.607. The van der Waals surface area contributed by atoms with Crippen molar-refractivity contribution in [3.8, 4) is 0 Å². The molecule has 2 aromatic heterocycles. The summed E-state index contributed by atoms with van der Waals surface area (Å²) in [6.07, 6.45) is 2.86. The number of pyridine rings is 1. The zero-order valence-electron chi connectivity index (χ0n) is 6.68. The molecule has 0 aliphatic heterocycles. The molecule has 0 aliphatic rings. The fourth-order valence-electron chi connectivity index (χ4n) is 1.06. The maximum Gasteiger partial charge on any atom is 0.280 e. The van der Waals surface area contributed by atoms with Crippen molar-refractivity contribution >= 4 is 37.0 Å². The van der Waals surface area contributed by atoms with E-state index in [4.69, 9.17) is 22.3 Å². The molecule has 14 heavy (non-hydrogen) atoms. The number of fused-ring (bicyclic) bond motifs is 1. The van der Waals surface area contributed by atoms with Crippen molar-refractivity contribution in [1.82, 2.24) is 9.38 Å². The Morgan fingerprint density at radius 2 is 2.00 bits per heavy atom. The van der Waals surface area contributed by atoms with Gasteiger partial charge in [-0.05, 0) is 12.1 Å². The summed E-state index contributed by atoms with van der Waals surface area (Å²) in [5.74, 6) is 0. The van der Waals surface area contributed by atoms with Crippen LogP contribution in [0.25, 0.3) is 5.65 Å². The molecule has 0 N–H and O–H groups in total. The fourth-order valence-corrected chi connectivity index (χ4v) is 1.89. The third kappa shape index (κ3) is 1.70. The van der Waals surface area contributed by atoms with Gasteiger partial charge in [-0.2, -0.15) is 0 Å². The average molecular weight is 251 g/mol. The predicted octanol–water partition coefficient (Wildman–Crippen LogP) is 1.92. The molecule has 0 saturated heterocycles. The molecule has 7 heteroatoms. The van der Waals surface area contributed by atoms with Crippen molar-refractivity contribution in [2.24, 2.45) is 0 Å². The van der Waals surface area contributed by atoms with Crippen molar-refractivity contribution in [1.29, 1.82) is 0 Å². The molecule has 0 bridgehead atoms. The molecule has 0 saturated carbocycles. The molecule has 4 nitrogen and oxygen atoms in total. The van der Waals surface area contributed by atoms with Crippen LogP contribution in [-0.4, -0.2) is 17.8 Å². The quantitative estimate of drug-likeness (QED) is 0.727. The van der Waals surface area contributed by atoms with Gasteiger partial charge in [0.25, 0.3) is 9.05 Å². The van der Waals surface area contributed by atoms with Gasteiger partial charge in [-0.1, -0.05) is 11.6 Å². The van der Waals surface area contributed by atoms with E-state index in [1.165, 1.54) is 10.6 Å². The Morgan fingerprint density at radius 1 is 1.29 bits per heavy atom. The molecule has 0 amide bonds. The van der Waals surface area contributed by atoms with Crippen LogP contribution in [0.15, 0.2) is 29.6 Å². The molecular weight excluding hydrogens is 247 g/mol. The molecule has 0 radical (unpaired) electrons. The lowest BCUT2D eigenvalue weighted by atomic mass is 10.5. The summed E-state index contributed by atoms with van der Waals surface area (Å²) in [6.45, 7) is 0. The largest absolute Gasteiger partial charge is 0.304 e. The van der Waals surface area contributed by atoms with Crippen LogP contribution in [0.5, 0.6) is 0 Å². The highest BCUT2D eigenvalue weighted by Gasteiger charge is 2.14. The second kappa shape index (κ2) is 3.12. The van der Waals surface area contributed by atoms with E-state index < -0.39 is 9.05 Å². The first-order valence-electron chi connectivity index (χ1n) is 3.56. The molecule has 2 rings (SSSR count). The van der Waals surface area contributed by atoms with Gasteiger partial charge in [-0.15, -0.1) is 0 Å². The van der Waals surface area contributed by atoms with Gasteiger partial charge in [0, 0.05) is 23.1 Å². The van der Waals surface area contributed by atoms with Crippen LogP contribution in [0, 0.1) is 0 Å². The molecule has 2 heterocycles. The first kappa shape index (κ1) is 9.76. The van der Waals surface area contributed by atoms with E-state index in [0.29, 0.717) is 10.7 Å². The van der Waals surface area contributed by atoms with Crippen LogP contribution < -0.4 is 0 Å². The van der Waals surface area contributed by atoms with Crippen LogP contribution in [0.3, 0.4) is 0 Å². The molecule has 0 spiro atoms. The monoisotopic (exact) mass is 250 g/mol. The van der Waals surface area contributed by atoms with E-state index in [-0.39, 0.29) is 5.03 Å². The zero-order chi connectivity index (χ0) is 10.3. The van der Waals surface area contributed by atoms with Crippen molar-refractivity contribution in [2.45, 2.75) is 5.03 Å². The Kier molecular flexibility index (Phi) is 2.17. The van der Waals surface area contributed by atoms with Gasteiger partial charge in [0.2, 0.25) is 0 Å². The highest BCUT2D eigenvalue weighted by molar-refractivity contribution is 8.13. The normalized spacial score (nSPS) is 12.1. The van der Waals surface area contributed by atoms with Gasteiger partial charge in [0.15, 0.2) is 5.03 Å². The Balaban J connectivity index is 2.75. The van der Waals surface area contributed by atoms with Crippen LogP contribution in [0.1, 0.15) is 0 Å². The third-order valence-electron chi connectivity index (χ3n) is 1.64. The number of aromatic nitrogens is 2. The van der Waals surface area contributed by atoms with E-state index in [0.717, 1.165) is 0 Å². The molecule has 74 valence electrons. The maximum absolute atomic E-state index is 10.9. The zero-order valence-corrected chi connectivity index (χ0v) is 9.01. The van der Waals surface area contributed by atoms with E-state index in [2.05, 4.69) is 4.98 Å². The van der Waals surface area contributed by atoms with E-state index in [1.54, 1.807) is 18.3 Å². The Bertz CT molecular complexity index is 591. The van der Waals surface area contributed by atoms with E-state index in [9.17, 15) is 8.42 Å². The smallest absolute Gasteiger partial charge is 0.280 e. The van der Waals surface area contributed by atoms with E-state index in [1.807, 2.05) is 0 Å². The second-order valence-corrected chi connectivity index (χ2v) is 5.58. The average Bonchev–Trinajstić information content (AvgIpc) is 2.45. The molecule has 0 fully saturated rings. The van der Waals surface area contributed by atoms with Crippen LogP contribution >= 0.6 is 22.3 Å². The SMILES string of the molecule is O=S(=O)(Cl)c1cn2cc(Cl)ccc2n1. The third-order valence-corrected chi connectivity index (χ3v) is 3.04. The van der Waals surface area contributed by atoms with Gasteiger partial charge in [-0.3, -0.25) is 0 Å². The van der Waals surface area contributed by atoms with Crippen LogP contribution in [0.2, 0.25) is 5.02 Å². The molecule has 0 atom stereocenters. The Hall–Kier alpha value is -0.780. The van der Waals surface area contributed by atoms with Crippen molar-refractivity contribution in [3.63, 3.8) is 0 Å². The minimum Gasteiger partial charge on any atom is -0.304 e. The Labute approximate surface area is 89.5 Å². The summed E-state index contributed by atoms with van der Waals surface area (Å²) in [6, 6.07) is 3.22. The molecule has 0 unspecified atom stereocenters. The van der Waals surface area contributed by atoms with E-state index >= 15 is 0 Å². The molecule has 0 aliphatic carbocycles. The topological polar surface area (TPSA) is 51.4 Å². The molecule has 2 aromatic rings. The van der Waals surface area contributed by atoms with Crippen molar-refractivity contribution in [3.05, 3.63) is 29.5 Å². The van der Waals surface area contributed by atoms with Gasteiger partial charge >= 0.3 is 0 Å². The minimum absolute atomic E-state index is 0.179. The van der Waals surface area contributed by atoms with Crippen LogP contribution in [-0.2, 0) is 9.05 Å². The van der Waals surface area contributed by atoms with Crippen molar-refractivity contribution < 1.29 is 8.42 Å². The van der Waals surface area contributed by atoms with Gasteiger partial charge < -0.3 is 4.40 Å². The second-order valence-electron chi connectivity index (χ2n) is 2.63. The standard InChI is InChI=1S/C7H4Cl2N2O2S/c8-5-1-2-6-10-7(14(9,12)13)4-11(6)3-5/h1-4H. The van der Waals surface area contributed by atoms with Crippen molar-refractivity contribution in [2.75, 3.05) is 0 Å². The lowest BCUT2D eigenvalue weighted by Crippen LogP contribution is -1.88. The number of hydrogen-bond donors (Lipinski definition) is 0. The highest BCUT2D eigenvalue weighted by atomic mass is 35.7. The van der Waals surface area contributed by atoms with Gasteiger partial charge in [0.05, 0.1) is 5.02 Å². The fraction of sp³-hybridized carbons (Fsp3) is 0. The first-order chi connectivity index (χ1) is 6.47. The lowest BCUT2D eigenvalue weighted by Gasteiger charge is -1.91. The predicted molar refractivity (Wildman–Crippen MR) is 53.2 cm³/mol. The molecule has 0 aromatic carbocycles. The minimum atomic E-state index is -3.78. The first-order valence-corrected chi connectivity index (χ1v) is 6.24. The van der Waals surface area contributed by atoms with Crippen LogP contribution in [0.4, 0.5) is 0 Å². The Morgan fingerprint density at radius 3 is 2.64 bits per heavy atom. The number of hydrogen-bond acceptors (Lipinski definition) is 3. The summed E-state index contributed by atoms with van der Waals surface area (Å²) in [5, 5.41) is 0.315. The number of rotatable bonds is 1. The summed E-state index contributed by atoms with van der Waals surface area (Å²) < 4.78 is 23.4. The van der Waals surface area contributed by atoms with Gasteiger partial charge in [0.1, 0.15) is 5.65 Å². The number of halogens is 2.